The van der Waals surface area contributed by atoms with Gasteiger partial charge in [-0.3, -0.25) is 4.79 Å². The van der Waals surface area contributed by atoms with E-state index < -0.39 is 0 Å². The summed E-state index contributed by atoms with van der Waals surface area (Å²) in [5, 5.41) is 0.592. The number of hydrogen-bond acceptors (Lipinski definition) is 2. The van der Waals surface area contributed by atoms with Crippen LogP contribution in [-0.4, -0.2) is 12.5 Å². The van der Waals surface area contributed by atoms with E-state index in [9.17, 15) is 4.79 Å². The molecule has 0 aromatic heterocycles. The minimum atomic E-state index is -0.0646. The van der Waals surface area contributed by atoms with Crippen LogP contribution in [0.3, 0.4) is 0 Å². The fourth-order valence-corrected chi connectivity index (χ4v) is 3.35. The number of nitrogens with two attached hydrogens (primary N) is 1. The second kappa shape index (κ2) is 5.11. The molecule has 0 radical (unpaired) electrons. The van der Waals surface area contributed by atoms with Crippen LogP contribution in [0.1, 0.15) is 15.9 Å². The number of benzene rings is 2. The number of nitrogen functional groups attached to an aromatic ring is 1. The van der Waals surface area contributed by atoms with Gasteiger partial charge in [-0.1, -0.05) is 23.7 Å². The Morgan fingerprint density at radius 2 is 2.10 bits per heavy atom. The zero-order valence-electron chi connectivity index (χ0n) is 10.6. The van der Waals surface area contributed by atoms with Gasteiger partial charge in [0.2, 0.25) is 0 Å². The first kappa shape index (κ1) is 13.5. The highest BCUT2D eigenvalue weighted by Gasteiger charge is 2.28. The molecule has 3 nitrogen and oxygen atoms in total. The second-order valence-corrected chi connectivity index (χ2v) is 5.98. The summed E-state index contributed by atoms with van der Waals surface area (Å²) in [5.41, 5.74) is 9.19. The van der Waals surface area contributed by atoms with Crippen molar-refractivity contribution < 1.29 is 4.79 Å². The molecule has 0 saturated heterocycles. The van der Waals surface area contributed by atoms with Crippen molar-refractivity contribution in [1.82, 2.24) is 0 Å². The Balaban J connectivity index is 2.02. The molecular weight excluding hydrogens is 340 g/mol. The van der Waals surface area contributed by atoms with Crippen molar-refractivity contribution in [3.63, 3.8) is 0 Å². The number of anilines is 2. The fourth-order valence-electron chi connectivity index (χ4n) is 2.50. The fraction of sp³-hybridized carbons (Fsp3) is 0.133. The lowest BCUT2D eigenvalue weighted by Gasteiger charge is -2.19. The van der Waals surface area contributed by atoms with E-state index in [-0.39, 0.29) is 5.91 Å². The van der Waals surface area contributed by atoms with Crippen molar-refractivity contribution in [2.75, 3.05) is 17.2 Å². The number of amides is 1. The van der Waals surface area contributed by atoms with E-state index in [4.69, 9.17) is 17.3 Å². The third-order valence-electron chi connectivity index (χ3n) is 3.43. The molecule has 1 aliphatic heterocycles. The van der Waals surface area contributed by atoms with Crippen LogP contribution >= 0.6 is 27.5 Å². The molecule has 1 amide bonds. The van der Waals surface area contributed by atoms with Gasteiger partial charge in [0.05, 0.1) is 16.9 Å². The van der Waals surface area contributed by atoms with Crippen LogP contribution in [-0.2, 0) is 6.42 Å². The van der Waals surface area contributed by atoms with Gasteiger partial charge in [-0.15, -0.1) is 0 Å². The van der Waals surface area contributed by atoms with Crippen molar-refractivity contribution in [3.8, 4) is 0 Å². The van der Waals surface area contributed by atoms with Gasteiger partial charge in [0.25, 0.3) is 5.91 Å². The highest BCUT2D eigenvalue weighted by Crippen LogP contribution is 2.35. The maximum Gasteiger partial charge on any atom is 0.259 e. The standard InChI is InChI=1S/C15H12BrClN2O/c16-12-8-10(17)4-5-11(12)15(20)19-7-6-9-2-1-3-13(18)14(9)19/h1-5,8H,6-7,18H2. The van der Waals surface area contributed by atoms with Crippen LogP contribution in [0.5, 0.6) is 0 Å². The van der Waals surface area contributed by atoms with Crippen LogP contribution in [0.2, 0.25) is 5.02 Å². The first-order valence-corrected chi connectivity index (χ1v) is 7.39. The van der Waals surface area contributed by atoms with Crippen LogP contribution in [0.15, 0.2) is 40.9 Å². The van der Waals surface area contributed by atoms with Gasteiger partial charge in [0.15, 0.2) is 0 Å². The molecule has 0 unspecified atom stereocenters. The van der Waals surface area contributed by atoms with E-state index in [1.165, 1.54) is 0 Å². The smallest absolute Gasteiger partial charge is 0.259 e. The molecule has 0 atom stereocenters. The Morgan fingerprint density at radius 3 is 2.85 bits per heavy atom. The third-order valence-corrected chi connectivity index (χ3v) is 4.32. The minimum absolute atomic E-state index is 0.0646. The summed E-state index contributed by atoms with van der Waals surface area (Å²) in [7, 11) is 0. The van der Waals surface area contributed by atoms with E-state index in [1.807, 2.05) is 18.2 Å². The SMILES string of the molecule is Nc1cccc2c1N(C(=O)c1ccc(Cl)cc1Br)CC2. The van der Waals surface area contributed by atoms with Crippen molar-refractivity contribution >= 4 is 44.8 Å². The average Bonchev–Trinajstić information content (AvgIpc) is 2.83. The summed E-state index contributed by atoms with van der Waals surface area (Å²) in [6.07, 6.45) is 0.831. The van der Waals surface area contributed by atoms with Crippen molar-refractivity contribution in [1.29, 1.82) is 0 Å². The molecule has 102 valence electrons. The van der Waals surface area contributed by atoms with Crippen molar-refractivity contribution in [2.45, 2.75) is 6.42 Å². The Kier molecular flexibility index (Phi) is 3.44. The normalized spacial score (nSPS) is 13.4. The molecule has 2 N–H and O–H groups in total. The number of carbonyl (C=O) groups is 1. The van der Waals surface area contributed by atoms with Crippen LogP contribution in [0.4, 0.5) is 11.4 Å². The minimum Gasteiger partial charge on any atom is -0.397 e. The first-order valence-electron chi connectivity index (χ1n) is 6.22. The van der Waals surface area contributed by atoms with Crippen molar-refractivity contribution in [2.24, 2.45) is 0 Å². The molecule has 0 spiro atoms. The monoisotopic (exact) mass is 350 g/mol. The largest absolute Gasteiger partial charge is 0.397 e. The van der Waals surface area contributed by atoms with E-state index >= 15 is 0 Å². The van der Waals surface area contributed by atoms with E-state index in [1.54, 1.807) is 23.1 Å². The number of halogens is 2. The Bertz CT molecular complexity index is 702. The van der Waals surface area contributed by atoms with Gasteiger partial charge < -0.3 is 10.6 Å². The molecule has 2 aromatic rings. The summed E-state index contributed by atoms with van der Waals surface area (Å²) < 4.78 is 0.693. The Hall–Kier alpha value is -1.52. The number of hydrogen-bond donors (Lipinski definition) is 1. The van der Waals surface area contributed by atoms with Gasteiger partial charge in [-0.2, -0.15) is 0 Å². The van der Waals surface area contributed by atoms with E-state index in [0.29, 0.717) is 27.3 Å². The lowest BCUT2D eigenvalue weighted by molar-refractivity contribution is 0.0988. The summed E-state index contributed by atoms with van der Waals surface area (Å²) in [4.78, 5) is 14.4. The summed E-state index contributed by atoms with van der Waals surface area (Å²) in [5.74, 6) is -0.0646. The van der Waals surface area contributed by atoms with Crippen LogP contribution in [0.25, 0.3) is 0 Å². The van der Waals surface area contributed by atoms with Crippen molar-refractivity contribution in [3.05, 3.63) is 57.0 Å². The van der Waals surface area contributed by atoms with Gasteiger partial charge in [-0.25, -0.2) is 0 Å². The number of rotatable bonds is 1. The topological polar surface area (TPSA) is 46.3 Å². The predicted molar refractivity (Wildman–Crippen MR) is 85.4 cm³/mol. The van der Waals surface area contributed by atoms with Gasteiger partial charge in [0, 0.05) is 16.0 Å². The lowest BCUT2D eigenvalue weighted by atomic mass is 10.1. The molecule has 2 aromatic carbocycles. The molecule has 5 heteroatoms. The summed E-state index contributed by atoms with van der Waals surface area (Å²) in [6.45, 7) is 0.650. The Labute approximate surface area is 130 Å². The number of nitrogens with zero attached hydrogens (tertiary/aromatic N) is 1. The lowest BCUT2D eigenvalue weighted by Crippen LogP contribution is -2.29. The third kappa shape index (κ3) is 2.19. The molecule has 1 heterocycles. The molecular formula is C15H12BrClN2O. The van der Waals surface area contributed by atoms with Gasteiger partial charge >= 0.3 is 0 Å². The molecule has 0 bridgehead atoms. The summed E-state index contributed by atoms with van der Waals surface area (Å²) in [6, 6.07) is 10.9. The number of carbonyl (C=O) groups excluding carboxylic acids is 1. The second-order valence-electron chi connectivity index (χ2n) is 4.69. The maximum absolute atomic E-state index is 12.7. The molecule has 20 heavy (non-hydrogen) atoms. The van der Waals surface area contributed by atoms with Crippen LogP contribution < -0.4 is 10.6 Å². The Morgan fingerprint density at radius 1 is 1.30 bits per heavy atom. The highest BCUT2D eigenvalue weighted by molar-refractivity contribution is 9.10. The maximum atomic E-state index is 12.7. The molecule has 0 fully saturated rings. The molecule has 1 aliphatic rings. The zero-order valence-corrected chi connectivity index (χ0v) is 12.9. The predicted octanol–water partition coefficient (Wildman–Crippen LogP) is 3.89. The zero-order chi connectivity index (χ0) is 14.3. The molecule has 0 aliphatic carbocycles. The molecule has 3 rings (SSSR count). The average molecular weight is 352 g/mol. The first-order chi connectivity index (χ1) is 9.58. The number of fused-ring (bicyclic) bond motifs is 1. The highest BCUT2D eigenvalue weighted by atomic mass is 79.9. The van der Waals surface area contributed by atoms with E-state index in [2.05, 4.69) is 15.9 Å². The quantitative estimate of drug-likeness (QED) is 0.792. The van der Waals surface area contributed by atoms with Gasteiger partial charge in [-0.05, 0) is 52.2 Å². The van der Waals surface area contributed by atoms with Crippen LogP contribution in [0, 0.1) is 0 Å². The van der Waals surface area contributed by atoms with Gasteiger partial charge in [0.1, 0.15) is 0 Å². The molecule has 0 saturated carbocycles. The van der Waals surface area contributed by atoms with E-state index in [0.717, 1.165) is 17.7 Å². The summed E-state index contributed by atoms with van der Waals surface area (Å²) >= 11 is 9.30. The number of para-hydroxylation sites is 1.